The van der Waals surface area contributed by atoms with E-state index in [0.717, 1.165) is 36.6 Å². The van der Waals surface area contributed by atoms with Crippen LogP contribution in [0.5, 0.6) is 5.75 Å². The minimum absolute atomic E-state index is 0.265. The molecule has 4 rings (SSSR count). The number of likely N-dealkylation sites (tertiary alicyclic amines) is 1. The lowest BCUT2D eigenvalue weighted by atomic mass is 10.2. The summed E-state index contributed by atoms with van der Waals surface area (Å²) in [6.07, 6.45) is 0.550. The Morgan fingerprint density at radius 1 is 1.29 bits per heavy atom. The van der Waals surface area contributed by atoms with Gasteiger partial charge in [0.1, 0.15) is 23.5 Å². The van der Waals surface area contributed by atoms with Gasteiger partial charge < -0.3 is 15.2 Å². The molecule has 2 aromatic carbocycles. The molecule has 1 aliphatic rings. The number of β-amino-alcohol motifs (C(OH)–C–C–N with tert-alkyl or cyclic N) is 1. The van der Waals surface area contributed by atoms with Gasteiger partial charge in [-0.2, -0.15) is 0 Å². The smallest absolute Gasteiger partial charge is 0.120 e. The van der Waals surface area contributed by atoms with Crippen LogP contribution in [0.1, 0.15) is 11.4 Å². The third-order valence-electron chi connectivity index (χ3n) is 4.86. The van der Waals surface area contributed by atoms with E-state index in [-0.39, 0.29) is 6.61 Å². The van der Waals surface area contributed by atoms with E-state index in [4.69, 9.17) is 16.3 Å². The molecule has 0 spiro atoms. The highest BCUT2D eigenvalue weighted by atomic mass is 35.5. The van der Waals surface area contributed by atoms with Crippen LogP contribution >= 0.6 is 22.9 Å². The molecule has 3 aromatic rings. The minimum Gasteiger partial charge on any atom is -0.491 e. The maximum atomic E-state index is 10.3. The Hall–Kier alpha value is -1.70. The molecule has 0 radical (unpaired) electrons. The molecular formula is C21H24ClN3O2S. The van der Waals surface area contributed by atoms with E-state index < -0.39 is 6.10 Å². The van der Waals surface area contributed by atoms with E-state index in [9.17, 15) is 5.11 Å². The Bertz CT molecular complexity index is 886. The van der Waals surface area contributed by atoms with Crippen LogP contribution in [0.25, 0.3) is 10.2 Å². The van der Waals surface area contributed by atoms with Crippen molar-refractivity contribution >= 4 is 33.2 Å². The highest BCUT2D eigenvalue weighted by Crippen LogP contribution is 2.22. The summed E-state index contributed by atoms with van der Waals surface area (Å²) < 4.78 is 6.87. The fraction of sp³-hybridized carbons (Fsp3) is 0.381. The standard InChI is InChI=1S/C21H24ClN3O2S/c22-15-4-3-5-18(10-15)27-14-17(26)13-25-9-8-16(12-25)23-11-21-24-19-6-1-2-7-20(19)28-21/h1-7,10,16-17,23,26H,8-9,11-14H2. The third-order valence-corrected chi connectivity index (χ3v) is 6.13. The van der Waals surface area contributed by atoms with Crippen LogP contribution in [0.3, 0.4) is 0 Å². The largest absolute Gasteiger partial charge is 0.491 e. The summed E-state index contributed by atoms with van der Waals surface area (Å²) in [7, 11) is 0. The predicted molar refractivity (Wildman–Crippen MR) is 114 cm³/mol. The number of ether oxygens (including phenoxy) is 1. The maximum Gasteiger partial charge on any atom is 0.120 e. The van der Waals surface area contributed by atoms with E-state index >= 15 is 0 Å². The number of nitrogens with one attached hydrogen (secondary N) is 1. The van der Waals surface area contributed by atoms with Crippen molar-refractivity contribution in [1.29, 1.82) is 0 Å². The topological polar surface area (TPSA) is 57.6 Å². The summed E-state index contributed by atoms with van der Waals surface area (Å²) in [5.41, 5.74) is 1.07. The fourth-order valence-electron chi connectivity index (χ4n) is 3.49. The number of aromatic nitrogens is 1. The van der Waals surface area contributed by atoms with Crippen LogP contribution in [-0.2, 0) is 6.54 Å². The van der Waals surface area contributed by atoms with Gasteiger partial charge in [-0.15, -0.1) is 11.3 Å². The van der Waals surface area contributed by atoms with Gasteiger partial charge in [-0.1, -0.05) is 29.8 Å². The van der Waals surface area contributed by atoms with Crippen LogP contribution in [0, 0.1) is 0 Å². The van der Waals surface area contributed by atoms with Gasteiger partial charge in [-0.25, -0.2) is 4.98 Å². The van der Waals surface area contributed by atoms with Crippen LogP contribution in [-0.4, -0.2) is 53.4 Å². The van der Waals surface area contributed by atoms with Crippen molar-refractivity contribution in [3.8, 4) is 5.75 Å². The Morgan fingerprint density at radius 2 is 2.18 bits per heavy atom. The van der Waals surface area contributed by atoms with Crippen LogP contribution in [0.15, 0.2) is 48.5 Å². The van der Waals surface area contributed by atoms with Crippen molar-refractivity contribution in [2.75, 3.05) is 26.2 Å². The second-order valence-electron chi connectivity index (χ2n) is 7.12. The normalized spacial score (nSPS) is 18.6. The number of para-hydroxylation sites is 1. The number of halogens is 1. The van der Waals surface area contributed by atoms with Gasteiger partial charge in [0, 0.05) is 30.7 Å². The Balaban J connectivity index is 1.19. The van der Waals surface area contributed by atoms with Gasteiger partial charge in [0.05, 0.1) is 10.2 Å². The van der Waals surface area contributed by atoms with Gasteiger partial charge >= 0.3 is 0 Å². The summed E-state index contributed by atoms with van der Waals surface area (Å²) in [6, 6.07) is 15.9. The van der Waals surface area contributed by atoms with Crippen molar-refractivity contribution in [2.45, 2.75) is 25.1 Å². The average Bonchev–Trinajstić information content (AvgIpc) is 3.31. The molecule has 1 saturated heterocycles. The number of aliphatic hydroxyl groups excluding tert-OH is 1. The van der Waals surface area contributed by atoms with E-state index in [1.807, 2.05) is 24.3 Å². The Kier molecular flexibility index (Phi) is 6.44. The first-order chi connectivity index (χ1) is 13.7. The van der Waals surface area contributed by atoms with Gasteiger partial charge in [-0.05, 0) is 43.3 Å². The van der Waals surface area contributed by atoms with Crippen molar-refractivity contribution < 1.29 is 9.84 Å². The Labute approximate surface area is 173 Å². The van der Waals surface area contributed by atoms with Gasteiger partial charge in [0.2, 0.25) is 0 Å². The van der Waals surface area contributed by atoms with Crippen LogP contribution in [0.4, 0.5) is 0 Å². The van der Waals surface area contributed by atoms with Crippen molar-refractivity contribution in [1.82, 2.24) is 15.2 Å². The molecule has 28 heavy (non-hydrogen) atoms. The molecule has 148 valence electrons. The van der Waals surface area contributed by atoms with E-state index in [0.29, 0.717) is 23.4 Å². The molecule has 1 aliphatic heterocycles. The quantitative estimate of drug-likeness (QED) is 0.587. The highest BCUT2D eigenvalue weighted by Gasteiger charge is 2.24. The molecule has 0 saturated carbocycles. The first-order valence-electron chi connectivity index (χ1n) is 9.52. The summed E-state index contributed by atoms with van der Waals surface area (Å²) in [5, 5.41) is 15.6. The molecule has 0 aliphatic carbocycles. The first-order valence-corrected chi connectivity index (χ1v) is 10.7. The second kappa shape index (κ2) is 9.20. The monoisotopic (exact) mass is 417 g/mol. The van der Waals surface area contributed by atoms with E-state index in [1.165, 1.54) is 4.70 Å². The molecule has 5 nitrogen and oxygen atoms in total. The molecule has 1 aromatic heterocycles. The molecule has 2 heterocycles. The molecule has 2 unspecified atom stereocenters. The van der Waals surface area contributed by atoms with Crippen molar-refractivity contribution in [3.05, 3.63) is 58.6 Å². The number of hydrogen-bond donors (Lipinski definition) is 2. The Morgan fingerprint density at radius 3 is 3.04 bits per heavy atom. The number of aliphatic hydroxyl groups is 1. The summed E-state index contributed by atoms with van der Waals surface area (Å²) in [5.74, 6) is 0.684. The molecule has 0 bridgehead atoms. The van der Waals surface area contributed by atoms with Crippen LogP contribution in [0.2, 0.25) is 5.02 Å². The highest BCUT2D eigenvalue weighted by molar-refractivity contribution is 7.18. The van der Waals surface area contributed by atoms with Crippen molar-refractivity contribution in [2.24, 2.45) is 0 Å². The number of hydrogen-bond acceptors (Lipinski definition) is 6. The number of nitrogens with zero attached hydrogens (tertiary/aromatic N) is 2. The SMILES string of the molecule is OC(COc1cccc(Cl)c1)CN1CCC(NCc2nc3ccccc3s2)C1. The molecule has 7 heteroatoms. The lowest BCUT2D eigenvalue weighted by Gasteiger charge is -2.20. The summed E-state index contributed by atoms with van der Waals surface area (Å²) >= 11 is 7.69. The predicted octanol–water partition coefficient (Wildman–Crippen LogP) is 3.55. The van der Waals surface area contributed by atoms with Gasteiger partial charge in [0.15, 0.2) is 0 Å². The number of thiazole rings is 1. The molecule has 0 amide bonds. The minimum atomic E-state index is -0.526. The molecular weight excluding hydrogens is 394 g/mol. The molecule has 2 N–H and O–H groups in total. The van der Waals surface area contributed by atoms with Crippen molar-refractivity contribution in [3.63, 3.8) is 0 Å². The number of fused-ring (bicyclic) bond motifs is 1. The fourth-order valence-corrected chi connectivity index (χ4v) is 4.59. The summed E-state index contributed by atoms with van der Waals surface area (Å²) in [6.45, 7) is 3.57. The maximum absolute atomic E-state index is 10.3. The average molecular weight is 418 g/mol. The number of benzene rings is 2. The number of rotatable bonds is 8. The van der Waals surface area contributed by atoms with E-state index in [2.05, 4.69) is 27.3 Å². The zero-order chi connectivity index (χ0) is 19.3. The third kappa shape index (κ3) is 5.21. The lowest BCUT2D eigenvalue weighted by Crippen LogP contribution is -2.37. The van der Waals surface area contributed by atoms with E-state index in [1.54, 1.807) is 23.5 Å². The lowest BCUT2D eigenvalue weighted by molar-refractivity contribution is 0.0751. The first kappa shape index (κ1) is 19.6. The van der Waals surface area contributed by atoms with Gasteiger partial charge in [0.25, 0.3) is 0 Å². The second-order valence-corrected chi connectivity index (χ2v) is 8.68. The zero-order valence-corrected chi connectivity index (χ0v) is 17.1. The molecule has 1 fully saturated rings. The summed E-state index contributed by atoms with van der Waals surface area (Å²) in [4.78, 5) is 6.96. The molecule has 2 atom stereocenters. The zero-order valence-electron chi connectivity index (χ0n) is 15.6. The van der Waals surface area contributed by atoms with Gasteiger partial charge in [-0.3, -0.25) is 4.90 Å². The van der Waals surface area contributed by atoms with Crippen LogP contribution < -0.4 is 10.1 Å².